The molecule has 0 spiro atoms. The molecule has 0 radical (unpaired) electrons. The van der Waals surface area contributed by atoms with Crippen LogP contribution < -0.4 is 5.32 Å². The predicted octanol–water partition coefficient (Wildman–Crippen LogP) is 4.68. The Bertz CT molecular complexity index is 559. The van der Waals surface area contributed by atoms with E-state index in [1.807, 2.05) is 0 Å². The van der Waals surface area contributed by atoms with Crippen molar-refractivity contribution >= 4 is 5.97 Å². The Kier molecular flexibility index (Phi) is 9.21. The van der Waals surface area contributed by atoms with E-state index in [0.29, 0.717) is 42.9 Å². The van der Waals surface area contributed by atoms with Crippen molar-refractivity contribution in [2.24, 2.45) is 17.8 Å². The lowest BCUT2D eigenvalue weighted by atomic mass is 9.77. The summed E-state index contributed by atoms with van der Waals surface area (Å²) in [7, 11) is 0. The van der Waals surface area contributed by atoms with Crippen LogP contribution in [-0.4, -0.2) is 47.1 Å². The monoisotopic (exact) mass is 421 g/mol. The van der Waals surface area contributed by atoms with Crippen molar-refractivity contribution in [3.05, 3.63) is 12.2 Å². The number of allylic oxidation sites excluding steroid dienone is 2. The molecule has 1 aliphatic carbocycles. The van der Waals surface area contributed by atoms with Gasteiger partial charge in [0.1, 0.15) is 0 Å². The summed E-state index contributed by atoms with van der Waals surface area (Å²) in [6, 6.07) is 0. The number of nitrogens with one attached hydrogen (secondary N) is 1. The fourth-order valence-corrected chi connectivity index (χ4v) is 5.96. The number of rotatable bonds is 13. The molecule has 0 amide bonds. The van der Waals surface area contributed by atoms with Gasteiger partial charge in [-0.15, -0.1) is 0 Å². The number of aliphatic carboxylic acids is 1. The van der Waals surface area contributed by atoms with Crippen LogP contribution in [0.5, 0.6) is 0 Å². The number of carboxylic acids is 1. The Balaban J connectivity index is 1.43. The molecule has 172 valence electrons. The van der Waals surface area contributed by atoms with E-state index in [1.54, 1.807) is 0 Å². The van der Waals surface area contributed by atoms with Crippen molar-refractivity contribution in [1.29, 1.82) is 0 Å². The van der Waals surface area contributed by atoms with Crippen LogP contribution in [-0.2, 0) is 9.53 Å². The molecular formula is C25H43NO4. The second-order valence-corrected chi connectivity index (χ2v) is 10.0. The smallest absolute Gasteiger partial charge is 0.303 e. The Morgan fingerprint density at radius 2 is 1.83 bits per heavy atom. The van der Waals surface area contributed by atoms with Crippen molar-refractivity contribution in [3.8, 4) is 0 Å². The Morgan fingerprint density at radius 3 is 2.53 bits per heavy atom. The van der Waals surface area contributed by atoms with Crippen LogP contribution in [0.25, 0.3) is 0 Å². The van der Waals surface area contributed by atoms with E-state index in [4.69, 9.17) is 9.84 Å². The molecule has 2 saturated heterocycles. The minimum absolute atomic E-state index is 0.245. The number of fused-ring (bicyclic) bond motifs is 2. The second-order valence-electron chi connectivity index (χ2n) is 10.0. The van der Waals surface area contributed by atoms with E-state index >= 15 is 0 Å². The number of hydrogen-bond donors (Lipinski definition) is 3. The van der Waals surface area contributed by atoms with Gasteiger partial charge in [0.2, 0.25) is 0 Å². The van der Waals surface area contributed by atoms with Gasteiger partial charge in [-0.05, 0) is 56.8 Å². The number of carbonyl (C=O) groups is 1. The molecule has 5 atom stereocenters. The van der Waals surface area contributed by atoms with Gasteiger partial charge in [-0.2, -0.15) is 0 Å². The molecular weight excluding hydrogens is 378 g/mol. The highest BCUT2D eigenvalue weighted by molar-refractivity contribution is 5.66. The minimum Gasteiger partial charge on any atom is -0.481 e. The van der Waals surface area contributed by atoms with Crippen LogP contribution in [0.15, 0.2) is 12.2 Å². The summed E-state index contributed by atoms with van der Waals surface area (Å²) >= 11 is 0. The first-order chi connectivity index (χ1) is 14.5. The summed E-state index contributed by atoms with van der Waals surface area (Å²) in [5.74, 6) is 1.03. The molecule has 2 aliphatic heterocycles. The van der Waals surface area contributed by atoms with Gasteiger partial charge in [0.05, 0.1) is 17.8 Å². The predicted molar refractivity (Wildman–Crippen MR) is 119 cm³/mol. The minimum atomic E-state index is -0.716. The number of unbranched alkanes of at least 4 members (excludes halogenated alkanes) is 1. The average Bonchev–Trinajstić information content (AvgIpc) is 3.33. The lowest BCUT2D eigenvalue weighted by molar-refractivity contribution is -0.137. The van der Waals surface area contributed by atoms with Crippen LogP contribution in [0, 0.1) is 17.8 Å². The van der Waals surface area contributed by atoms with E-state index in [9.17, 15) is 9.90 Å². The van der Waals surface area contributed by atoms with E-state index in [1.165, 1.54) is 38.5 Å². The van der Waals surface area contributed by atoms with Crippen LogP contribution >= 0.6 is 0 Å². The lowest BCUT2D eigenvalue weighted by Crippen LogP contribution is -2.45. The van der Waals surface area contributed by atoms with Crippen molar-refractivity contribution in [1.82, 2.24) is 5.32 Å². The summed E-state index contributed by atoms with van der Waals surface area (Å²) in [4.78, 5) is 10.6. The summed E-state index contributed by atoms with van der Waals surface area (Å²) in [6.07, 6.45) is 18.6. The zero-order valence-corrected chi connectivity index (χ0v) is 18.9. The Hall–Kier alpha value is -0.910. The molecule has 5 heteroatoms. The van der Waals surface area contributed by atoms with E-state index < -0.39 is 11.6 Å². The third-order valence-corrected chi connectivity index (χ3v) is 7.81. The molecule has 0 aromatic carbocycles. The molecule has 3 aliphatic rings. The Morgan fingerprint density at radius 1 is 1.10 bits per heavy atom. The maximum absolute atomic E-state index is 11.2. The van der Waals surface area contributed by atoms with Gasteiger partial charge in [0.25, 0.3) is 0 Å². The molecule has 0 aromatic heterocycles. The SMILES string of the molecule is CCC(O)(CNC[C@H]1[C@@H](CC=CCCCC(=O)O)[C@H]2CC[C@@H]1O2)CC1CCCCC1. The first-order valence-electron chi connectivity index (χ1n) is 12.5. The maximum atomic E-state index is 11.2. The molecule has 3 rings (SSSR count). The van der Waals surface area contributed by atoms with Crippen LogP contribution in [0.1, 0.15) is 90.4 Å². The summed E-state index contributed by atoms with van der Waals surface area (Å²) in [5, 5.41) is 23.5. The topological polar surface area (TPSA) is 78.8 Å². The zero-order valence-electron chi connectivity index (χ0n) is 18.9. The summed E-state index contributed by atoms with van der Waals surface area (Å²) in [5.41, 5.74) is -0.583. The lowest BCUT2D eigenvalue weighted by Gasteiger charge is -2.34. The fraction of sp³-hybridized carbons (Fsp3) is 0.880. The second kappa shape index (κ2) is 11.6. The largest absolute Gasteiger partial charge is 0.481 e. The molecule has 3 N–H and O–H groups in total. The van der Waals surface area contributed by atoms with Crippen molar-refractivity contribution in [2.45, 2.75) is 108 Å². The van der Waals surface area contributed by atoms with Gasteiger partial charge in [0.15, 0.2) is 0 Å². The van der Waals surface area contributed by atoms with E-state index in [-0.39, 0.29) is 6.42 Å². The summed E-state index contributed by atoms with van der Waals surface area (Å²) in [6.45, 7) is 3.72. The highest BCUT2D eigenvalue weighted by atomic mass is 16.5. The van der Waals surface area contributed by atoms with Gasteiger partial charge in [0, 0.05) is 25.4 Å². The number of aliphatic hydroxyl groups is 1. The van der Waals surface area contributed by atoms with Gasteiger partial charge in [-0.25, -0.2) is 0 Å². The average molecular weight is 422 g/mol. The quantitative estimate of drug-likeness (QED) is 0.297. The number of hydrogen-bond acceptors (Lipinski definition) is 4. The number of ether oxygens (including phenoxy) is 1. The van der Waals surface area contributed by atoms with Crippen LogP contribution in [0.3, 0.4) is 0 Å². The molecule has 2 heterocycles. The molecule has 3 fully saturated rings. The summed E-state index contributed by atoms with van der Waals surface area (Å²) < 4.78 is 6.22. The molecule has 2 bridgehead atoms. The third-order valence-electron chi connectivity index (χ3n) is 7.81. The molecule has 0 aromatic rings. The maximum Gasteiger partial charge on any atom is 0.303 e. The first-order valence-corrected chi connectivity index (χ1v) is 12.5. The standard InChI is InChI=1S/C25H43NO4/c1-2-25(29,16-19-10-6-5-7-11-19)18-26-17-21-20(22-14-15-23(21)30-22)12-8-3-4-9-13-24(27)28/h3,8,19-23,26,29H,2,4-7,9-18H2,1H3,(H,27,28)/t20-,21+,22-,23+,25?/m1/s1. The van der Waals surface area contributed by atoms with Gasteiger partial charge >= 0.3 is 5.97 Å². The highest BCUT2D eigenvalue weighted by Crippen LogP contribution is 2.45. The highest BCUT2D eigenvalue weighted by Gasteiger charge is 2.47. The molecule has 1 unspecified atom stereocenters. The number of carboxylic acid groups (broad SMARTS) is 1. The zero-order chi connectivity index (χ0) is 21.4. The van der Waals surface area contributed by atoms with Crippen molar-refractivity contribution in [3.63, 3.8) is 0 Å². The van der Waals surface area contributed by atoms with Gasteiger partial charge < -0.3 is 20.3 Å². The van der Waals surface area contributed by atoms with Crippen molar-refractivity contribution < 1.29 is 19.7 Å². The molecule has 30 heavy (non-hydrogen) atoms. The van der Waals surface area contributed by atoms with E-state index in [0.717, 1.165) is 38.6 Å². The Labute approximate surface area is 182 Å². The normalized spacial score (nSPS) is 31.4. The van der Waals surface area contributed by atoms with Gasteiger partial charge in [-0.1, -0.05) is 51.2 Å². The third kappa shape index (κ3) is 6.80. The van der Waals surface area contributed by atoms with E-state index in [2.05, 4.69) is 24.4 Å². The first kappa shape index (κ1) is 23.7. The molecule has 1 saturated carbocycles. The molecule has 5 nitrogen and oxygen atoms in total. The van der Waals surface area contributed by atoms with Crippen LogP contribution in [0.4, 0.5) is 0 Å². The van der Waals surface area contributed by atoms with Crippen LogP contribution in [0.2, 0.25) is 0 Å². The van der Waals surface area contributed by atoms with Gasteiger partial charge in [-0.3, -0.25) is 4.79 Å². The fourth-order valence-electron chi connectivity index (χ4n) is 5.96. The van der Waals surface area contributed by atoms with Crippen molar-refractivity contribution in [2.75, 3.05) is 13.1 Å².